The summed E-state index contributed by atoms with van der Waals surface area (Å²) in [5.41, 5.74) is 2.01. The summed E-state index contributed by atoms with van der Waals surface area (Å²) >= 11 is 0. The normalized spacial score (nSPS) is 11.0. The molecule has 0 saturated heterocycles. The van der Waals surface area contributed by atoms with Gasteiger partial charge in [-0.25, -0.2) is 0 Å². The first-order chi connectivity index (χ1) is 9.20. The first kappa shape index (κ1) is 16.0. The van der Waals surface area contributed by atoms with E-state index in [1.54, 1.807) is 0 Å². The number of benzene rings is 1. The van der Waals surface area contributed by atoms with Gasteiger partial charge in [-0.3, -0.25) is 4.79 Å². The fourth-order valence-electron chi connectivity index (χ4n) is 1.72. The molecule has 0 aliphatic carbocycles. The van der Waals surface area contributed by atoms with Gasteiger partial charge in [0.1, 0.15) is 5.75 Å². The van der Waals surface area contributed by atoms with Crippen molar-refractivity contribution in [3.8, 4) is 5.75 Å². The molecule has 0 aliphatic rings. The van der Waals surface area contributed by atoms with Gasteiger partial charge in [-0.15, -0.1) is 0 Å². The molecule has 0 aromatic heterocycles. The molecule has 0 heterocycles. The zero-order chi connectivity index (χ0) is 15.3. The van der Waals surface area contributed by atoms with Crippen molar-refractivity contribution >= 4 is 11.9 Å². The maximum atomic E-state index is 11.4. The molecule has 0 fully saturated rings. The zero-order valence-electron chi connectivity index (χ0n) is 12.3. The lowest BCUT2D eigenvalue weighted by Crippen LogP contribution is -2.39. The summed E-state index contributed by atoms with van der Waals surface area (Å²) in [5, 5.41) is 12.4. The molecule has 0 aliphatic heterocycles. The quantitative estimate of drug-likeness (QED) is 0.852. The first-order valence-corrected chi connectivity index (χ1v) is 6.40. The minimum absolute atomic E-state index is 0.108. The van der Waals surface area contributed by atoms with Crippen molar-refractivity contribution in [1.82, 2.24) is 5.32 Å². The fraction of sp³-hybridized carbons (Fsp3) is 0.467. The Bertz CT molecular complexity index is 503. The van der Waals surface area contributed by atoms with Crippen molar-refractivity contribution in [2.45, 2.75) is 33.1 Å². The monoisotopic (exact) mass is 278 g/mol. The molecule has 0 saturated carbocycles. The highest BCUT2D eigenvalue weighted by Crippen LogP contribution is 2.32. The average molecular weight is 278 g/mol. The van der Waals surface area contributed by atoms with E-state index < -0.39 is 18.4 Å². The largest absolute Gasteiger partial charge is 0.548 e. The predicted octanol–water partition coefficient (Wildman–Crippen LogP) is 0.537. The number of aliphatic carboxylic acids is 1. The number of amides is 1. The number of carbonyl (C=O) groups is 2. The molecule has 110 valence electrons. The van der Waals surface area contributed by atoms with E-state index in [0.29, 0.717) is 5.75 Å². The minimum Gasteiger partial charge on any atom is -0.548 e. The van der Waals surface area contributed by atoms with Crippen LogP contribution in [0.25, 0.3) is 0 Å². The van der Waals surface area contributed by atoms with Crippen LogP contribution in [0.15, 0.2) is 18.2 Å². The van der Waals surface area contributed by atoms with Crippen LogP contribution in [0.3, 0.4) is 0 Å². The van der Waals surface area contributed by atoms with Crippen LogP contribution >= 0.6 is 0 Å². The molecular weight excluding hydrogens is 258 g/mol. The fourth-order valence-corrected chi connectivity index (χ4v) is 1.72. The third-order valence-electron chi connectivity index (χ3n) is 2.73. The summed E-state index contributed by atoms with van der Waals surface area (Å²) < 4.78 is 5.49. The van der Waals surface area contributed by atoms with E-state index in [9.17, 15) is 14.7 Å². The van der Waals surface area contributed by atoms with Crippen molar-refractivity contribution < 1.29 is 19.4 Å². The molecule has 20 heavy (non-hydrogen) atoms. The number of aryl methyl sites for hydroxylation is 1. The molecule has 0 atom stereocenters. The van der Waals surface area contributed by atoms with Gasteiger partial charge >= 0.3 is 0 Å². The highest BCUT2D eigenvalue weighted by atomic mass is 16.5. The van der Waals surface area contributed by atoms with Crippen LogP contribution in [0.1, 0.15) is 31.9 Å². The van der Waals surface area contributed by atoms with Crippen LogP contribution in [0, 0.1) is 6.92 Å². The summed E-state index contributed by atoms with van der Waals surface area (Å²) in [6.45, 7) is 7.44. The number of ether oxygens (including phenoxy) is 1. The molecule has 1 aromatic carbocycles. The molecule has 1 N–H and O–H groups in total. The lowest BCUT2D eigenvalue weighted by atomic mass is 9.85. The van der Waals surface area contributed by atoms with Crippen LogP contribution in [-0.4, -0.2) is 25.0 Å². The van der Waals surface area contributed by atoms with Crippen LogP contribution < -0.4 is 15.2 Å². The Morgan fingerprint density at radius 2 is 1.95 bits per heavy atom. The van der Waals surface area contributed by atoms with E-state index in [1.165, 1.54) is 0 Å². The lowest BCUT2D eigenvalue weighted by molar-refractivity contribution is -0.304. The second-order valence-corrected chi connectivity index (χ2v) is 5.69. The predicted molar refractivity (Wildman–Crippen MR) is 73.4 cm³/mol. The highest BCUT2D eigenvalue weighted by Gasteiger charge is 2.19. The van der Waals surface area contributed by atoms with Gasteiger partial charge in [-0.2, -0.15) is 0 Å². The molecule has 5 nitrogen and oxygen atoms in total. The van der Waals surface area contributed by atoms with Crippen LogP contribution in [0.2, 0.25) is 0 Å². The van der Waals surface area contributed by atoms with Gasteiger partial charge in [0, 0.05) is 0 Å². The number of hydrogen-bond acceptors (Lipinski definition) is 4. The summed E-state index contributed by atoms with van der Waals surface area (Å²) in [5.74, 6) is -1.19. The van der Waals surface area contributed by atoms with E-state index in [1.807, 2.05) is 25.1 Å². The van der Waals surface area contributed by atoms with Gasteiger partial charge in [0.05, 0.1) is 12.5 Å². The lowest BCUT2D eigenvalue weighted by Gasteiger charge is -2.23. The second kappa shape index (κ2) is 6.41. The Balaban J connectivity index is 2.73. The van der Waals surface area contributed by atoms with Gasteiger partial charge in [-0.1, -0.05) is 38.5 Å². The summed E-state index contributed by atoms with van der Waals surface area (Å²) in [6.07, 6.45) is 0. The molecule has 5 heteroatoms. The zero-order valence-corrected chi connectivity index (χ0v) is 12.3. The number of carboxylic acid groups (broad SMARTS) is 1. The number of hydrogen-bond donors (Lipinski definition) is 1. The summed E-state index contributed by atoms with van der Waals surface area (Å²) in [4.78, 5) is 21.7. The van der Waals surface area contributed by atoms with Gasteiger partial charge in [0.2, 0.25) is 0 Å². The Kier molecular flexibility index (Phi) is 5.13. The van der Waals surface area contributed by atoms with E-state index in [2.05, 4.69) is 26.1 Å². The molecule has 0 spiro atoms. The third kappa shape index (κ3) is 4.91. The Labute approximate surface area is 118 Å². The van der Waals surface area contributed by atoms with E-state index >= 15 is 0 Å². The molecule has 1 amide bonds. The molecular formula is C15H20NO4-. The standard InChI is InChI=1S/C15H21NO4/c1-10-5-6-12(11(7-10)15(2,3)4)20-9-13(17)16-8-14(18)19/h5-7H,8-9H2,1-4H3,(H,16,17)(H,18,19)/p-1. The van der Waals surface area contributed by atoms with Crippen molar-refractivity contribution in [1.29, 1.82) is 0 Å². The van der Waals surface area contributed by atoms with E-state index in [0.717, 1.165) is 11.1 Å². The Morgan fingerprint density at radius 3 is 2.50 bits per heavy atom. The van der Waals surface area contributed by atoms with Crippen LogP contribution in [0.5, 0.6) is 5.75 Å². The number of nitrogens with one attached hydrogen (secondary N) is 1. The van der Waals surface area contributed by atoms with E-state index in [4.69, 9.17) is 4.74 Å². The van der Waals surface area contributed by atoms with Gasteiger partial charge in [0.25, 0.3) is 5.91 Å². The number of carboxylic acids is 1. The molecule has 1 aromatic rings. The molecule has 0 unspecified atom stereocenters. The SMILES string of the molecule is Cc1ccc(OCC(=O)NCC(=O)[O-])c(C(C)(C)C)c1. The van der Waals surface area contributed by atoms with Crippen molar-refractivity contribution in [3.05, 3.63) is 29.3 Å². The van der Waals surface area contributed by atoms with Crippen LogP contribution in [0.4, 0.5) is 0 Å². The smallest absolute Gasteiger partial charge is 0.258 e. The molecule has 0 radical (unpaired) electrons. The Morgan fingerprint density at radius 1 is 1.30 bits per heavy atom. The topological polar surface area (TPSA) is 78.5 Å². The minimum atomic E-state index is -1.33. The van der Waals surface area contributed by atoms with Crippen molar-refractivity contribution in [3.63, 3.8) is 0 Å². The molecule has 0 bridgehead atoms. The molecule has 1 rings (SSSR count). The first-order valence-electron chi connectivity index (χ1n) is 6.40. The van der Waals surface area contributed by atoms with Crippen LogP contribution in [-0.2, 0) is 15.0 Å². The van der Waals surface area contributed by atoms with Crippen molar-refractivity contribution in [2.24, 2.45) is 0 Å². The summed E-state index contributed by atoms with van der Waals surface area (Å²) in [7, 11) is 0. The van der Waals surface area contributed by atoms with Gasteiger partial charge in [0.15, 0.2) is 6.61 Å². The maximum Gasteiger partial charge on any atom is 0.258 e. The maximum absolute atomic E-state index is 11.4. The summed E-state index contributed by atoms with van der Waals surface area (Å²) in [6, 6.07) is 5.75. The van der Waals surface area contributed by atoms with Gasteiger partial charge in [-0.05, 0) is 24.0 Å². The average Bonchev–Trinajstić information content (AvgIpc) is 2.33. The van der Waals surface area contributed by atoms with Crippen molar-refractivity contribution in [2.75, 3.05) is 13.2 Å². The third-order valence-corrected chi connectivity index (χ3v) is 2.73. The highest BCUT2D eigenvalue weighted by molar-refractivity contribution is 5.81. The number of carbonyl (C=O) groups excluding carboxylic acids is 2. The Hall–Kier alpha value is -2.04. The number of rotatable bonds is 5. The van der Waals surface area contributed by atoms with E-state index in [-0.39, 0.29) is 12.0 Å². The van der Waals surface area contributed by atoms with Gasteiger partial charge < -0.3 is 20.0 Å². The second-order valence-electron chi connectivity index (χ2n) is 5.69.